The molecule has 0 spiro atoms. The third kappa shape index (κ3) is 8.96. The molecule has 0 fully saturated rings. The van der Waals surface area contributed by atoms with Crippen LogP contribution < -0.4 is 5.56 Å². The first-order chi connectivity index (χ1) is 23.1. The minimum atomic E-state index is -5.02. The lowest BCUT2D eigenvalue weighted by Gasteiger charge is -2.20. The van der Waals surface area contributed by atoms with E-state index in [0.717, 1.165) is 17.2 Å². The van der Waals surface area contributed by atoms with Gasteiger partial charge in [-0.1, -0.05) is 54.2 Å². The first-order valence-corrected chi connectivity index (χ1v) is 15.6. The third-order valence-corrected chi connectivity index (χ3v) is 8.59. The topological polar surface area (TPSA) is 73.0 Å². The highest BCUT2D eigenvalue weighted by Crippen LogP contribution is 2.41. The van der Waals surface area contributed by atoms with Crippen molar-refractivity contribution in [2.24, 2.45) is 7.05 Å². The van der Waals surface area contributed by atoms with Gasteiger partial charge in [0.15, 0.2) is 5.16 Å². The zero-order valence-corrected chi connectivity index (χ0v) is 26.8. The van der Waals surface area contributed by atoms with Crippen LogP contribution in [0.1, 0.15) is 33.4 Å². The van der Waals surface area contributed by atoms with Gasteiger partial charge in [0.25, 0.3) is 5.56 Å². The SMILES string of the molecule is CN(Cc1ccc(-c2ccc(C(F)(F)F)cc2C(F)(F)F)cc1)C(=O)Cn1cc(Cc2cnn(C)c2)c(=O)nc1SCc1ccc(F)cc1. The standard InChI is InChI=1S/C34H28F7N5O2S/c1-44(16-21-3-7-24(8-4-21)28-12-9-26(33(36,37)38)14-29(28)34(39,40)41)30(47)19-46-18-25(13-23-15-42-45(2)17-23)31(48)43-32(46)49-20-22-5-10-27(35)11-6-22/h3-12,14-15,17-18H,13,16,19-20H2,1-2H3. The van der Waals surface area contributed by atoms with Crippen molar-refractivity contribution in [3.05, 3.63) is 135 Å². The first kappa shape index (κ1) is 35.4. The van der Waals surface area contributed by atoms with Gasteiger partial charge in [-0.2, -0.15) is 36.4 Å². The van der Waals surface area contributed by atoms with E-state index in [0.29, 0.717) is 22.9 Å². The number of nitrogens with zero attached hydrogens (tertiary/aromatic N) is 5. The quantitative estimate of drug-likeness (QED) is 0.0864. The number of thioether (sulfide) groups is 1. The summed E-state index contributed by atoms with van der Waals surface area (Å²) in [6.45, 7) is -0.138. The summed E-state index contributed by atoms with van der Waals surface area (Å²) in [5, 5.41) is 4.39. The Labute approximate surface area is 280 Å². The second-order valence-corrected chi connectivity index (χ2v) is 12.2. The van der Waals surface area contributed by atoms with E-state index in [-0.39, 0.29) is 42.2 Å². The van der Waals surface area contributed by atoms with Crippen molar-refractivity contribution < 1.29 is 35.5 Å². The summed E-state index contributed by atoms with van der Waals surface area (Å²) < 4.78 is 97.0. The van der Waals surface area contributed by atoms with Crippen LogP contribution in [0, 0.1) is 5.82 Å². The van der Waals surface area contributed by atoms with Gasteiger partial charge in [-0.25, -0.2) is 4.39 Å². The van der Waals surface area contributed by atoms with Crippen LogP contribution in [0.15, 0.2) is 95.3 Å². The molecule has 0 unspecified atom stereocenters. The Kier molecular flexibility index (Phi) is 10.3. The molecule has 0 saturated heterocycles. The van der Waals surface area contributed by atoms with Gasteiger partial charge < -0.3 is 9.47 Å². The highest BCUT2D eigenvalue weighted by molar-refractivity contribution is 7.98. The molecule has 0 aliphatic rings. The van der Waals surface area contributed by atoms with Crippen molar-refractivity contribution in [2.75, 3.05) is 7.05 Å². The maximum Gasteiger partial charge on any atom is 0.417 e. The van der Waals surface area contributed by atoms with Crippen LogP contribution >= 0.6 is 11.8 Å². The number of carbonyl (C=O) groups is 1. The van der Waals surface area contributed by atoms with Crippen molar-refractivity contribution in [1.82, 2.24) is 24.2 Å². The Morgan fingerprint density at radius 3 is 2.16 bits per heavy atom. The molecule has 15 heteroatoms. The molecule has 0 saturated carbocycles. The van der Waals surface area contributed by atoms with Crippen LogP contribution in [0.3, 0.4) is 0 Å². The Morgan fingerprint density at radius 2 is 1.55 bits per heavy atom. The molecule has 5 aromatic rings. The van der Waals surface area contributed by atoms with Crippen LogP contribution in [0.25, 0.3) is 11.1 Å². The van der Waals surface area contributed by atoms with Gasteiger partial charge in [0.1, 0.15) is 12.4 Å². The number of amides is 1. The second-order valence-electron chi connectivity index (χ2n) is 11.3. The minimum absolute atomic E-state index is 0.0575. The zero-order chi connectivity index (χ0) is 35.5. The molecule has 0 radical (unpaired) electrons. The lowest BCUT2D eigenvalue weighted by atomic mass is 9.96. The van der Waals surface area contributed by atoms with Crippen LogP contribution in [0.4, 0.5) is 30.7 Å². The fraction of sp³-hybridized carbons (Fsp3) is 0.235. The number of aryl methyl sites for hydroxylation is 1. The number of aromatic nitrogens is 4. The molecule has 0 aliphatic heterocycles. The predicted octanol–water partition coefficient (Wildman–Crippen LogP) is 7.36. The summed E-state index contributed by atoms with van der Waals surface area (Å²) in [4.78, 5) is 32.0. The van der Waals surface area contributed by atoms with Gasteiger partial charge in [0, 0.05) is 50.8 Å². The normalized spacial score (nSPS) is 11.9. The molecule has 5 rings (SSSR count). The lowest BCUT2D eigenvalue weighted by molar-refractivity contribution is -0.142. The van der Waals surface area contributed by atoms with Crippen LogP contribution in [-0.4, -0.2) is 37.2 Å². The van der Waals surface area contributed by atoms with E-state index in [4.69, 9.17) is 0 Å². The maximum absolute atomic E-state index is 13.7. The van der Waals surface area contributed by atoms with Crippen molar-refractivity contribution in [3.63, 3.8) is 0 Å². The Hall–Kier alpha value is -4.92. The molecular weight excluding hydrogens is 675 g/mol. The molecule has 2 aromatic heterocycles. The molecule has 256 valence electrons. The van der Waals surface area contributed by atoms with E-state index in [1.165, 1.54) is 60.1 Å². The van der Waals surface area contributed by atoms with Gasteiger partial charge >= 0.3 is 12.4 Å². The molecule has 0 atom stereocenters. The summed E-state index contributed by atoms with van der Waals surface area (Å²) in [5.41, 5.74) is -1.19. The van der Waals surface area contributed by atoms with Crippen LogP contribution in [0.5, 0.6) is 0 Å². The summed E-state index contributed by atoms with van der Waals surface area (Å²) in [7, 11) is 3.28. The first-order valence-electron chi connectivity index (χ1n) is 14.6. The van der Waals surface area contributed by atoms with Crippen LogP contribution in [-0.2, 0) is 49.5 Å². The second kappa shape index (κ2) is 14.3. The van der Waals surface area contributed by atoms with Gasteiger partial charge in [0.2, 0.25) is 5.91 Å². The maximum atomic E-state index is 13.7. The fourth-order valence-electron chi connectivity index (χ4n) is 5.01. The van der Waals surface area contributed by atoms with E-state index >= 15 is 0 Å². The van der Waals surface area contributed by atoms with Crippen molar-refractivity contribution in [3.8, 4) is 11.1 Å². The van der Waals surface area contributed by atoms with E-state index in [1.807, 2.05) is 0 Å². The molecule has 0 aliphatic carbocycles. The fourth-order valence-corrected chi connectivity index (χ4v) is 5.93. The molecule has 2 heterocycles. The van der Waals surface area contributed by atoms with Crippen molar-refractivity contribution in [1.29, 1.82) is 0 Å². The average Bonchev–Trinajstić information content (AvgIpc) is 3.45. The number of halogens is 7. The zero-order valence-electron chi connectivity index (χ0n) is 26.0. The molecule has 0 N–H and O–H groups in total. The van der Waals surface area contributed by atoms with Gasteiger partial charge in [0.05, 0.1) is 17.3 Å². The summed E-state index contributed by atoms with van der Waals surface area (Å²) in [5.74, 6) is -0.412. The molecule has 7 nitrogen and oxygen atoms in total. The number of benzene rings is 3. The number of carbonyl (C=O) groups excluding carboxylic acids is 1. The largest absolute Gasteiger partial charge is 0.417 e. The smallest absolute Gasteiger partial charge is 0.340 e. The van der Waals surface area contributed by atoms with E-state index in [9.17, 15) is 40.3 Å². The number of rotatable bonds is 10. The van der Waals surface area contributed by atoms with Crippen molar-refractivity contribution >= 4 is 17.7 Å². The highest BCUT2D eigenvalue weighted by atomic mass is 32.2. The molecular formula is C34H28F7N5O2S. The predicted molar refractivity (Wildman–Crippen MR) is 169 cm³/mol. The lowest BCUT2D eigenvalue weighted by Crippen LogP contribution is -2.31. The third-order valence-electron chi connectivity index (χ3n) is 7.53. The Morgan fingerprint density at radius 1 is 0.878 bits per heavy atom. The summed E-state index contributed by atoms with van der Waals surface area (Å²) >= 11 is 1.20. The number of hydrogen-bond acceptors (Lipinski definition) is 5. The molecule has 49 heavy (non-hydrogen) atoms. The molecule has 3 aromatic carbocycles. The Balaban J connectivity index is 1.34. The van der Waals surface area contributed by atoms with Crippen LogP contribution in [0.2, 0.25) is 0 Å². The van der Waals surface area contributed by atoms with Crippen molar-refractivity contribution in [2.45, 2.75) is 42.8 Å². The monoisotopic (exact) mass is 703 g/mol. The van der Waals surface area contributed by atoms with E-state index in [2.05, 4.69) is 10.1 Å². The average molecular weight is 704 g/mol. The van der Waals surface area contributed by atoms with Gasteiger partial charge in [-0.05, 0) is 52.1 Å². The summed E-state index contributed by atoms with van der Waals surface area (Å²) in [6, 6.07) is 13.0. The highest BCUT2D eigenvalue weighted by Gasteiger charge is 2.38. The minimum Gasteiger partial charge on any atom is -0.340 e. The molecule has 1 amide bonds. The number of hydrogen-bond donors (Lipinski definition) is 0. The van der Waals surface area contributed by atoms with E-state index in [1.54, 1.807) is 47.0 Å². The number of likely N-dealkylation sites (N-methyl/N-ethyl adjacent to an activating group) is 1. The summed E-state index contributed by atoms with van der Waals surface area (Å²) in [6.07, 6.45) is -4.79. The van der Waals surface area contributed by atoms with E-state index < -0.39 is 40.4 Å². The van der Waals surface area contributed by atoms with Gasteiger partial charge in [-0.15, -0.1) is 0 Å². The number of alkyl halides is 6. The molecule has 0 bridgehead atoms. The van der Waals surface area contributed by atoms with Gasteiger partial charge in [-0.3, -0.25) is 14.3 Å². The Bertz CT molecular complexity index is 2000.